The zero-order valence-corrected chi connectivity index (χ0v) is 12.7. The van der Waals surface area contributed by atoms with Gasteiger partial charge >= 0.3 is 5.69 Å². The van der Waals surface area contributed by atoms with Gasteiger partial charge in [-0.05, 0) is 24.7 Å². The summed E-state index contributed by atoms with van der Waals surface area (Å²) in [7, 11) is 0. The fourth-order valence-corrected chi connectivity index (χ4v) is 2.76. The van der Waals surface area contributed by atoms with Crippen LogP contribution in [0.15, 0.2) is 6.33 Å². The van der Waals surface area contributed by atoms with Crippen LogP contribution >= 0.6 is 0 Å². The van der Waals surface area contributed by atoms with Crippen LogP contribution < -0.4 is 10.6 Å². The third-order valence-corrected chi connectivity index (χ3v) is 4.04. The van der Waals surface area contributed by atoms with E-state index in [9.17, 15) is 10.1 Å². The number of rotatable bonds is 7. The summed E-state index contributed by atoms with van der Waals surface area (Å²) in [5.41, 5.74) is 0.142. The van der Waals surface area contributed by atoms with E-state index in [-0.39, 0.29) is 16.9 Å². The molecule has 21 heavy (non-hydrogen) atoms. The lowest BCUT2D eigenvalue weighted by atomic mass is 9.89. The molecule has 1 fully saturated rings. The monoisotopic (exact) mass is 293 g/mol. The highest BCUT2D eigenvalue weighted by atomic mass is 16.6. The van der Waals surface area contributed by atoms with E-state index in [1.165, 1.54) is 19.2 Å². The van der Waals surface area contributed by atoms with Crippen molar-refractivity contribution in [1.29, 1.82) is 0 Å². The second-order valence-corrected chi connectivity index (χ2v) is 5.97. The average molecular weight is 293 g/mol. The fraction of sp³-hybridized carbons (Fsp3) is 0.714. The van der Waals surface area contributed by atoms with Crippen LogP contribution in [0.25, 0.3) is 0 Å². The fourth-order valence-electron chi connectivity index (χ4n) is 2.76. The molecule has 0 unspecified atom stereocenters. The Morgan fingerprint density at radius 2 is 1.90 bits per heavy atom. The summed E-state index contributed by atoms with van der Waals surface area (Å²) in [6, 6.07) is 0. The standard InChI is InChI=1S/C14H23N5O2/c1-3-8-15-12-11(19(20)21)13(18-10-17-12)16-9-14(2)6-4-5-7-14/h10H,3-9H2,1-2H3,(H2,15,16,17,18). The highest BCUT2D eigenvalue weighted by Crippen LogP contribution is 2.38. The van der Waals surface area contributed by atoms with E-state index in [0.29, 0.717) is 18.9 Å². The highest BCUT2D eigenvalue weighted by Gasteiger charge is 2.30. The Labute approximate surface area is 124 Å². The molecular weight excluding hydrogens is 270 g/mol. The van der Waals surface area contributed by atoms with Gasteiger partial charge < -0.3 is 10.6 Å². The Morgan fingerprint density at radius 1 is 1.29 bits per heavy atom. The first-order chi connectivity index (χ1) is 10.1. The summed E-state index contributed by atoms with van der Waals surface area (Å²) in [5, 5.41) is 17.5. The van der Waals surface area contributed by atoms with Gasteiger partial charge in [-0.2, -0.15) is 0 Å². The van der Waals surface area contributed by atoms with Crippen LogP contribution in [0.4, 0.5) is 17.3 Å². The van der Waals surface area contributed by atoms with E-state index >= 15 is 0 Å². The van der Waals surface area contributed by atoms with Gasteiger partial charge in [-0.1, -0.05) is 26.7 Å². The van der Waals surface area contributed by atoms with E-state index in [0.717, 1.165) is 19.3 Å². The van der Waals surface area contributed by atoms with Crippen LogP contribution in [0.1, 0.15) is 46.0 Å². The van der Waals surface area contributed by atoms with E-state index in [2.05, 4.69) is 27.5 Å². The molecule has 7 heteroatoms. The minimum Gasteiger partial charge on any atom is -0.364 e. The molecule has 0 bridgehead atoms. The van der Waals surface area contributed by atoms with Crippen LogP contribution in [0, 0.1) is 15.5 Å². The lowest BCUT2D eigenvalue weighted by Gasteiger charge is -2.23. The van der Waals surface area contributed by atoms with Crippen LogP contribution in [-0.4, -0.2) is 28.0 Å². The van der Waals surface area contributed by atoms with Gasteiger partial charge in [0.1, 0.15) is 6.33 Å². The molecule has 0 amide bonds. The largest absolute Gasteiger partial charge is 0.364 e. The Bertz CT molecular complexity index is 500. The van der Waals surface area contributed by atoms with Crippen molar-refractivity contribution >= 4 is 17.3 Å². The van der Waals surface area contributed by atoms with Gasteiger partial charge in [0.25, 0.3) is 0 Å². The van der Waals surface area contributed by atoms with Gasteiger partial charge in [-0.25, -0.2) is 9.97 Å². The number of nitro groups is 1. The minimum atomic E-state index is -0.419. The molecule has 1 aromatic rings. The van der Waals surface area contributed by atoms with Crippen molar-refractivity contribution in [2.45, 2.75) is 46.0 Å². The summed E-state index contributed by atoms with van der Waals surface area (Å²) in [6.07, 6.45) is 7.01. The molecule has 0 atom stereocenters. The molecule has 2 N–H and O–H groups in total. The first kappa shape index (κ1) is 15.5. The van der Waals surface area contributed by atoms with Crippen molar-refractivity contribution in [2.75, 3.05) is 23.7 Å². The molecule has 0 aromatic carbocycles. The molecule has 1 saturated carbocycles. The maximum Gasteiger partial charge on any atom is 0.353 e. The molecule has 1 aliphatic rings. The van der Waals surface area contributed by atoms with Crippen molar-refractivity contribution < 1.29 is 4.92 Å². The number of anilines is 2. The summed E-state index contributed by atoms with van der Waals surface area (Å²) < 4.78 is 0. The highest BCUT2D eigenvalue weighted by molar-refractivity contribution is 5.69. The Morgan fingerprint density at radius 3 is 2.48 bits per heavy atom. The van der Waals surface area contributed by atoms with E-state index in [4.69, 9.17) is 0 Å². The topological polar surface area (TPSA) is 93.0 Å². The third-order valence-electron chi connectivity index (χ3n) is 4.04. The first-order valence-electron chi connectivity index (χ1n) is 7.53. The van der Waals surface area contributed by atoms with Crippen molar-refractivity contribution in [2.24, 2.45) is 5.41 Å². The van der Waals surface area contributed by atoms with E-state index in [1.807, 2.05) is 6.92 Å². The van der Waals surface area contributed by atoms with Gasteiger partial charge in [-0.3, -0.25) is 10.1 Å². The molecule has 116 valence electrons. The van der Waals surface area contributed by atoms with Gasteiger partial charge in [0.2, 0.25) is 11.6 Å². The normalized spacial score (nSPS) is 16.7. The zero-order valence-electron chi connectivity index (χ0n) is 12.7. The van der Waals surface area contributed by atoms with Crippen LogP contribution in [0.2, 0.25) is 0 Å². The molecule has 1 heterocycles. The number of nitrogens with one attached hydrogen (secondary N) is 2. The number of hydrogen-bond donors (Lipinski definition) is 2. The summed E-state index contributed by atoms with van der Waals surface area (Å²) in [6.45, 7) is 5.57. The molecule has 1 aromatic heterocycles. The molecule has 0 radical (unpaired) electrons. The Kier molecular flexibility index (Phi) is 4.93. The molecule has 0 saturated heterocycles. The van der Waals surface area contributed by atoms with Gasteiger partial charge in [-0.15, -0.1) is 0 Å². The van der Waals surface area contributed by atoms with E-state index in [1.54, 1.807) is 0 Å². The summed E-state index contributed by atoms with van der Waals surface area (Å²) in [5.74, 6) is 0.595. The summed E-state index contributed by atoms with van der Waals surface area (Å²) in [4.78, 5) is 19.0. The number of aromatic nitrogens is 2. The molecule has 7 nitrogen and oxygen atoms in total. The van der Waals surface area contributed by atoms with Crippen molar-refractivity contribution in [3.05, 3.63) is 16.4 Å². The quantitative estimate of drug-likeness (QED) is 0.592. The maximum atomic E-state index is 11.3. The number of hydrogen-bond acceptors (Lipinski definition) is 6. The van der Waals surface area contributed by atoms with Gasteiger partial charge in [0, 0.05) is 13.1 Å². The lowest BCUT2D eigenvalue weighted by Crippen LogP contribution is -2.24. The SMILES string of the molecule is CCCNc1ncnc(NCC2(C)CCCC2)c1[N+](=O)[O-]. The summed E-state index contributed by atoms with van der Waals surface area (Å²) >= 11 is 0. The van der Waals surface area contributed by atoms with Gasteiger partial charge in [0.05, 0.1) is 4.92 Å². The predicted molar refractivity (Wildman–Crippen MR) is 82.5 cm³/mol. The third kappa shape index (κ3) is 3.80. The second-order valence-electron chi connectivity index (χ2n) is 5.97. The molecular formula is C14H23N5O2. The van der Waals surface area contributed by atoms with E-state index < -0.39 is 4.92 Å². The smallest absolute Gasteiger partial charge is 0.353 e. The Balaban J connectivity index is 2.15. The molecule has 0 aliphatic heterocycles. The minimum absolute atomic E-state index is 0.0625. The zero-order chi connectivity index (χ0) is 15.3. The first-order valence-corrected chi connectivity index (χ1v) is 7.53. The van der Waals surface area contributed by atoms with Crippen molar-refractivity contribution in [1.82, 2.24) is 9.97 Å². The van der Waals surface area contributed by atoms with Crippen LogP contribution in [0.3, 0.4) is 0 Å². The average Bonchev–Trinajstić information content (AvgIpc) is 2.90. The van der Waals surface area contributed by atoms with Crippen LogP contribution in [-0.2, 0) is 0 Å². The molecule has 1 aliphatic carbocycles. The maximum absolute atomic E-state index is 11.3. The lowest BCUT2D eigenvalue weighted by molar-refractivity contribution is -0.383. The number of nitrogens with zero attached hydrogens (tertiary/aromatic N) is 3. The molecule has 2 rings (SSSR count). The Hall–Kier alpha value is -1.92. The van der Waals surface area contributed by atoms with Crippen molar-refractivity contribution in [3.63, 3.8) is 0 Å². The van der Waals surface area contributed by atoms with Crippen molar-refractivity contribution in [3.8, 4) is 0 Å². The second kappa shape index (κ2) is 6.69. The van der Waals surface area contributed by atoms with Crippen LogP contribution in [0.5, 0.6) is 0 Å². The molecule has 0 spiro atoms. The predicted octanol–water partition coefficient (Wildman–Crippen LogP) is 3.20. The van der Waals surface area contributed by atoms with Gasteiger partial charge in [0.15, 0.2) is 0 Å².